The van der Waals surface area contributed by atoms with Crippen molar-refractivity contribution in [1.29, 1.82) is 10.5 Å². The predicted octanol–water partition coefficient (Wildman–Crippen LogP) is 6.98. The highest BCUT2D eigenvalue weighted by atomic mass is 32.1. The van der Waals surface area contributed by atoms with E-state index in [9.17, 15) is 10.5 Å². The molecule has 3 aromatic rings. The maximum absolute atomic E-state index is 9.82. The molecule has 178 valence electrons. The van der Waals surface area contributed by atoms with Crippen molar-refractivity contribution in [2.45, 2.75) is 46.6 Å². The van der Waals surface area contributed by atoms with Gasteiger partial charge in [0.1, 0.15) is 17.7 Å². The summed E-state index contributed by atoms with van der Waals surface area (Å²) < 4.78 is 11.5. The third-order valence-corrected chi connectivity index (χ3v) is 7.79. The fraction of sp³-hybridized carbons (Fsp3) is 0.345. The highest BCUT2D eigenvalue weighted by molar-refractivity contribution is 7.16. The van der Waals surface area contributed by atoms with Crippen LogP contribution in [0.25, 0.3) is 0 Å². The van der Waals surface area contributed by atoms with Crippen LogP contribution >= 0.6 is 11.3 Å². The van der Waals surface area contributed by atoms with Crippen molar-refractivity contribution in [3.8, 4) is 23.6 Å². The quantitative estimate of drug-likeness (QED) is 0.354. The number of thiophene rings is 1. The first-order valence-electron chi connectivity index (χ1n) is 11.7. The van der Waals surface area contributed by atoms with Gasteiger partial charge in [-0.2, -0.15) is 10.5 Å². The van der Waals surface area contributed by atoms with Crippen LogP contribution in [0.1, 0.15) is 59.9 Å². The standard InChI is InChI=1S/C29H29N3O2S/c1-29(2,3)22-10-11-23-24(16-31)28(35-27(23)14-22)32-17-19-9-12-25(26(13-19)33-4)34-18-21-8-6-5-7-20(21)15-30/h5-9,12-13,17,22H,10-11,14,18H2,1-4H3/t22-/m1/s1. The van der Waals surface area contributed by atoms with Crippen LogP contribution in [0.15, 0.2) is 47.5 Å². The first kappa shape index (κ1) is 24.5. The molecule has 5 nitrogen and oxygen atoms in total. The minimum absolute atomic E-state index is 0.259. The van der Waals surface area contributed by atoms with Crippen LogP contribution in [-0.4, -0.2) is 13.3 Å². The van der Waals surface area contributed by atoms with E-state index in [1.165, 1.54) is 10.4 Å². The number of nitrogens with zero attached hydrogens (tertiary/aromatic N) is 3. The van der Waals surface area contributed by atoms with Gasteiger partial charge in [0.05, 0.1) is 24.3 Å². The van der Waals surface area contributed by atoms with Crippen LogP contribution in [0.2, 0.25) is 0 Å². The summed E-state index contributed by atoms with van der Waals surface area (Å²) in [6, 6.07) is 17.6. The van der Waals surface area contributed by atoms with Gasteiger partial charge in [-0.15, -0.1) is 11.3 Å². The molecule has 1 atom stereocenters. The van der Waals surface area contributed by atoms with E-state index < -0.39 is 0 Å². The molecule has 0 fully saturated rings. The molecule has 1 aliphatic rings. The topological polar surface area (TPSA) is 78.4 Å². The zero-order valence-corrected chi connectivity index (χ0v) is 21.4. The van der Waals surface area contributed by atoms with Gasteiger partial charge in [-0.1, -0.05) is 39.0 Å². The Hall–Kier alpha value is -3.61. The molecule has 0 bridgehead atoms. The van der Waals surface area contributed by atoms with Gasteiger partial charge < -0.3 is 9.47 Å². The smallest absolute Gasteiger partial charge is 0.161 e. The number of rotatable bonds is 6. The van der Waals surface area contributed by atoms with Crippen LogP contribution in [0, 0.1) is 34.0 Å². The van der Waals surface area contributed by atoms with Gasteiger partial charge in [-0.3, -0.25) is 0 Å². The SMILES string of the molecule is COc1cc(C=Nc2sc3c(c2C#N)CC[C@@H](C(C)(C)C)C3)ccc1OCc1ccccc1C#N. The molecule has 0 amide bonds. The molecule has 2 aromatic carbocycles. The maximum atomic E-state index is 9.82. The summed E-state index contributed by atoms with van der Waals surface area (Å²) >= 11 is 1.65. The average molecular weight is 484 g/mol. The van der Waals surface area contributed by atoms with E-state index in [1.54, 1.807) is 30.7 Å². The maximum Gasteiger partial charge on any atom is 0.161 e. The molecular weight excluding hydrogens is 454 g/mol. The molecule has 1 heterocycles. The molecule has 0 radical (unpaired) electrons. The molecule has 4 rings (SSSR count). The number of hydrogen-bond acceptors (Lipinski definition) is 6. The monoisotopic (exact) mass is 483 g/mol. The third kappa shape index (κ3) is 5.39. The van der Waals surface area contributed by atoms with Gasteiger partial charge in [0.25, 0.3) is 0 Å². The number of nitriles is 2. The largest absolute Gasteiger partial charge is 0.493 e. The first-order chi connectivity index (χ1) is 16.8. The molecule has 0 aliphatic heterocycles. The fourth-order valence-corrected chi connectivity index (χ4v) is 5.67. The molecule has 6 heteroatoms. The van der Waals surface area contributed by atoms with E-state index in [1.807, 2.05) is 36.4 Å². The lowest BCUT2D eigenvalue weighted by Crippen LogP contribution is -2.26. The van der Waals surface area contributed by atoms with Crippen molar-refractivity contribution >= 4 is 22.6 Å². The number of hydrogen-bond donors (Lipinski definition) is 0. The molecular formula is C29H29N3O2S. The number of fused-ring (bicyclic) bond motifs is 1. The van der Waals surface area contributed by atoms with Gasteiger partial charge in [-0.25, -0.2) is 4.99 Å². The zero-order valence-electron chi connectivity index (χ0n) is 20.6. The van der Waals surface area contributed by atoms with Crippen molar-refractivity contribution in [2.75, 3.05) is 7.11 Å². The van der Waals surface area contributed by atoms with E-state index in [0.29, 0.717) is 23.0 Å². The second-order valence-electron chi connectivity index (χ2n) is 9.83. The van der Waals surface area contributed by atoms with E-state index in [0.717, 1.165) is 41.0 Å². The van der Waals surface area contributed by atoms with Crippen molar-refractivity contribution in [2.24, 2.45) is 16.3 Å². The second-order valence-corrected chi connectivity index (χ2v) is 10.9. The number of aliphatic imine (C=N–C) groups is 1. The van der Waals surface area contributed by atoms with Crippen LogP contribution < -0.4 is 9.47 Å². The van der Waals surface area contributed by atoms with Gasteiger partial charge in [0.2, 0.25) is 0 Å². The van der Waals surface area contributed by atoms with Crippen molar-refractivity contribution < 1.29 is 9.47 Å². The minimum Gasteiger partial charge on any atom is -0.493 e. The summed E-state index contributed by atoms with van der Waals surface area (Å²) in [6.45, 7) is 7.16. The molecule has 0 N–H and O–H groups in total. The van der Waals surface area contributed by atoms with Crippen molar-refractivity contribution in [3.05, 3.63) is 75.2 Å². The Morgan fingerprint density at radius 3 is 2.63 bits per heavy atom. The van der Waals surface area contributed by atoms with Gasteiger partial charge in [0, 0.05) is 16.7 Å². The summed E-state index contributed by atoms with van der Waals surface area (Å²) in [5, 5.41) is 19.9. The van der Waals surface area contributed by atoms with Crippen LogP contribution in [0.5, 0.6) is 11.5 Å². The van der Waals surface area contributed by atoms with E-state index in [2.05, 4.69) is 32.9 Å². The van der Waals surface area contributed by atoms with E-state index in [4.69, 9.17) is 14.5 Å². The van der Waals surface area contributed by atoms with Crippen LogP contribution in [0.3, 0.4) is 0 Å². The zero-order chi connectivity index (χ0) is 25.0. The van der Waals surface area contributed by atoms with Crippen LogP contribution in [-0.2, 0) is 19.4 Å². The lowest BCUT2D eigenvalue weighted by atomic mass is 9.72. The first-order valence-corrected chi connectivity index (χ1v) is 12.5. The second kappa shape index (κ2) is 10.3. The normalized spacial score (nSPS) is 15.3. The third-order valence-electron chi connectivity index (χ3n) is 6.62. The minimum atomic E-state index is 0.259. The highest BCUT2D eigenvalue weighted by Crippen LogP contribution is 2.45. The number of ether oxygens (including phenoxy) is 2. The van der Waals surface area contributed by atoms with Crippen molar-refractivity contribution in [1.82, 2.24) is 0 Å². The molecule has 1 aromatic heterocycles. The summed E-state index contributed by atoms with van der Waals surface area (Å²) in [6.07, 6.45) is 4.85. The lowest BCUT2D eigenvalue weighted by Gasteiger charge is -2.33. The number of benzene rings is 2. The molecule has 0 unspecified atom stereocenters. The Morgan fingerprint density at radius 1 is 1.11 bits per heavy atom. The van der Waals surface area contributed by atoms with Crippen LogP contribution in [0.4, 0.5) is 5.00 Å². The fourth-order valence-electron chi connectivity index (χ4n) is 4.44. The van der Waals surface area contributed by atoms with Gasteiger partial charge in [0.15, 0.2) is 11.5 Å². The predicted molar refractivity (Wildman–Crippen MR) is 140 cm³/mol. The molecule has 0 saturated carbocycles. The number of methoxy groups -OCH3 is 1. The lowest BCUT2D eigenvalue weighted by molar-refractivity contribution is 0.218. The molecule has 0 spiro atoms. The Balaban J connectivity index is 1.53. The van der Waals surface area contributed by atoms with E-state index >= 15 is 0 Å². The molecule has 1 aliphatic carbocycles. The van der Waals surface area contributed by atoms with E-state index in [-0.39, 0.29) is 12.0 Å². The Kier molecular flexibility index (Phi) is 7.24. The summed E-state index contributed by atoms with van der Waals surface area (Å²) in [4.78, 5) is 6.00. The van der Waals surface area contributed by atoms with Gasteiger partial charge in [-0.05, 0) is 66.0 Å². The summed E-state index contributed by atoms with van der Waals surface area (Å²) in [7, 11) is 1.60. The highest BCUT2D eigenvalue weighted by Gasteiger charge is 2.32. The molecule has 0 saturated heterocycles. The average Bonchev–Trinajstić information content (AvgIpc) is 3.22. The van der Waals surface area contributed by atoms with Gasteiger partial charge >= 0.3 is 0 Å². The Labute approximate surface area is 211 Å². The Morgan fingerprint density at radius 2 is 1.91 bits per heavy atom. The summed E-state index contributed by atoms with van der Waals surface area (Å²) in [5.74, 6) is 1.80. The van der Waals surface area contributed by atoms with Crippen molar-refractivity contribution in [3.63, 3.8) is 0 Å². The molecule has 35 heavy (non-hydrogen) atoms. The Bertz CT molecular complexity index is 1340. The summed E-state index contributed by atoms with van der Waals surface area (Å²) in [5.41, 5.74) is 4.43.